The number of nitrogens with zero attached hydrogens (tertiary/aromatic N) is 2. The topological polar surface area (TPSA) is 143 Å². The fraction of sp³-hybridized carbons (Fsp3) is 0.696. The smallest absolute Gasteiger partial charge is 0.411 e. The van der Waals surface area contributed by atoms with Crippen molar-refractivity contribution in [2.24, 2.45) is 10.8 Å². The van der Waals surface area contributed by atoms with Gasteiger partial charge in [-0.3, -0.25) is 18.4 Å². The molecule has 0 radical (unpaired) electrons. The van der Waals surface area contributed by atoms with E-state index < -0.39 is 35.9 Å². The number of nitrogen functional groups attached to an aromatic ring is 1. The zero-order chi connectivity index (χ0) is 28.7. The first-order valence-corrected chi connectivity index (χ1v) is 16.3. The third-order valence-corrected chi connectivity index (χ3v) is 10.3. The highest BCUT2D eigenvalue weighted by Crippen LogP contribution is 2.52. The number of thioether (sulfide) groups is 3. The van der Waals surface area contributed by atoms with Crippen LogP contribution in [0.2, 0.25) is 0 Å². The van der Waals surface area contributed by atoms with Crippen molar-refractivity contribution in [2.75, 3.05) is 30.5 Å². The number of hydrogen-bond acceptors (Lipinski definition) is 12. The van der Waals surface area contributed by atoms with E-state index >= 15 is 0 Å². The summed E-state index contributed by atoms with van der Waals surface area (Å²) in [6.45, 7) is 11.0. The lowest BCUT2D eigenvalue weighted by molar-refractivity contribution is -0.117. The molecule has 38 heavy (non-hydrogen) atoms. The van der Waals surface area contributed by atoms with E-state index in [1.165, 1.54) is 24.0 Å². The average Bonchev–Trinajstić information content (AvgIpc) is 3.17. The molecule has 0 amide bonds. The van der Waals surface area contributed by atoms with Gasteiger partial charge in [0.15, 0.2) is 5.12 Å². The van der Waals surface area contributed by atoms with Crippen LogP contribution in [0.15, 0.2) is 28.2 Å². The number of halogens is 1. The maximum absolute atomic E-state index is 14.7. The van der Waals surface area contributed by atoms with E-state index in [4.69, 9.17) is 19.3 Å². The van der Waals surface area contributed by atoms with Crippen molar-refractivity contribution in [3.63, 3.8) is 0 Å². The van der Waals surface area contributed by atoms with E-state index in [0.717, 1.165) is 34.4 Å². The van der Waals surface area contributed by atoms with Crippen molar-refractivity contribution < 1.29 is 32.4 Å². The maximum atomic E-state index is 14.7. The number of hydrogen-bond donors (Lipinski definition) is 2. The Morgan fingerprint density at radius 2 is 1.95 bits per heavy atom. The van der Waals surface area contributed by atoms with Gasteiger partial charge in [0.25, 0.3) is 0 Å². The van der Waals surface area contributed by atoms with E-state index in [9.17, 15) is 23.7 Å². The molecule has 0 saturated carbocycles. The Morgan fingerprint density at radius 1 is 1.32 bits per heavy atom. The van der Waals surface area contributed by atoms with Gasteiger partial charge in [-0.1, -0.05) is 65.1 Å². The highest BCUT2D eigenvalue weighted by Gasteiger charge is 2.36. The van der Waals surface area contributed by atoms with Crippen LogP contribution in [0, 0.1) is 10.8 Å². The lowest BCUT2D eigenvalue weighted by Gasteiger charge is -2.25. The summed E-state index contributed by atoms with van der Waals surface area (Å²) in [6, 6.07) is 1.40. The second-order valence-electron chi connectivity index (χ2n) is 10.5. The number of alkyl halides is 1. The van der Waals surface area contributed by atoms with Crippen LogP contribution in [-0.2, 0) is 22.9 Å². The molecule has 1 saturated heterocycles. The number of rotatable bonds is 12. The summed E-state index contributed by atoms with van der Waals surface area (Å²) in [4.78, 5) is 28.3. The van der Waals surface area contributed by atoms with Crippen molar-refractivity contribution in [1.29, 1.82) is 0 Å². The van der Waals surface area contributed by atoms with Crippen molar-refractivity contribution >= 4 is 54.0 Å². The first-order valence-electron chi connectivity index (χ1n) is 11.9. The Balaban J connectivity index is 2.04. The summed E-state index contributed by atoms with van der Waals surface area (Å²) in [7, 11) is -4.13. The Hall–Kier alpha value is -1.02. The molecule has 0 aromatic carbocycles. The third kappa shape index (κ3) is 10.5. The number of carbonyl (C=O) groups is 1. The number of carbonyl (C=O) groups excluding carboxylic acids is 1. The van der Waals surface area contributed by atoms with Gasteiger partial charge in [0.2, 0.25) is 0 Å². The molecule has 3 N–H and O–H groups in total. The fourth-order valence-corrected chi connectivity index (χ4v) is 7.05. The normalized spacial score (nSPS) is 21.8. The lowest BCUT2D eigenvalue weighted by Crippen LogP contribution is -2.28. The summed E-state index contributed by atoms with van der Waals surface area (Å²) in [5.74, 6) is 0.589. The van der Waals surface area contributed by atoms with Crippen LogP contribution in [0.4, 0.5) is 10.2 Å². The fourth-order valence-electron chi connectivity index (χ4n) is 2.78. The van der Waals surface area contributed by atoms with Gasteiger partial charge in [-0.05, 0) is 11.5 Å². The number of aliphatic hydroxyl groups excluding tert-OH is 1. The lowest BCUT2D eigenvalue weighted by atomic mass is 9.98. The summed E-state index contributed by atoms with van der Waals surface area (Å²) < 4.78 is 45.5. The van der Waals surface area contributed by atoms with E-state index in [1.807, 2.05) is 20.8 Å². The molecule has 15 heteroatoms. The Bertz CT molecular complexity index is 1090. The first-order chi connectivity index (χ1) is 17.5. The van der Waals surface area contributed by atoms with Crippen LogP contribution in [0.1, 0.15) is 53.3 Å². The molecule has 4 atom stereocenters. The van der Waals surface area contributed by atoms with Crippen LogP contribution in [0.25, 0.3) is 0 Å². The molecular weight excluding hydrogens is 576 g/mol. The molecule has 1 aromatic rings. The largest absolute Gasteiger partial charge is 0.529 e. The summed E-state index contributed by atoms with van der Waals surface area (Å²) >= 11 is 3.32. The van der Waals surface area contributed by atoms with Crippen molar-refractivity contribution in [3.05, 3.63) is 33.9 Å². The van der Waals surface area contributed by atoms with Gasteiger partial charge in [0, 0.05) is 34.4 Å². The molecule has 0 spiro atoms. The van der Waals surface area contributed by atoms with Gasteiger partial charge < -0.3 is 15.4 Å². The zero-order valence-electron chi connectivity index (χ0n) is 22.4. The van der Waals surface area contributed by atoms with Crippen LogP contribution in [0.5, 0.6) is 0 Å². The number of phosphoric ester groups is 1. The third-order valence-electron chi connectivity index (χ3n) is 4.94. The molecule has 216 valence electrons. The molecular formula is C23H37FN3O7PS3. The Morgan fingerprint density at radius 3 is 2.53 bits per heavy atom. The molecule has 2 unspecified atom stereocenters. The Kier molecular flexibility index (Phi) is 12.3. The van der Waals surface area contributed by atoms with Crippen molar-refractivity contribution in [1.82, 2.24) is 9.55 Å². The molecule has 1 aliphatic rings. The van der Waals surface area contributed by atoms with Gasteiger partial charge in [-0.25, -0.2) is 13.8 Å². The van der Waals surface area contributed by atoms with Crippen LogP contribution in [-0.4, -0.2) is 56.1 Å². The van der Waals surface area contributed by atoms with E-state index in [-0.39, 0.29) is 41.7 Å². The number of nitrogens with two attached hydrogens (primary N) is 1. The molecule has 10 nitrogen and oxygen atoms in total. The summed E-state index contributed by atoms with van der Waals surface area (Å²) in [6.07, 6.45) is 0.999. The molecule has 2 heterocycles. The highest BCUT2D eigenvalue weighted by atomic mass is 32.2. The van der Waals surface area contributed by atoms with Gasteiger partial charge in [-0.2, -0.15) is 4.98 Å². The molecule has 0 bridgehead atoms. The second kappa shape index (κ2) is 14.0. The predicted octanol–water partition coefficient (Wildman–Crippen LogP) is 5.20. The minimum atomic E-state index is -4.13. The van der Waals surface area contributed by atoms with Crippen molar-refractivity contribution in [3.8, 4) is 0 Å². The quantitative estimate of drug-likeness (QED) is 0.138. The standard InChI is InChI=1S/C23H37FN3O7PS3/c1-22(2,3)19(28)36-11-9-32-35(31,33-10-12-37-20(29)23(4,5)6)34-14-15-13-16(24)18(38-15)27-8-7-17(25)26-21(27)30/h7-8,14,16,18-19,28H,9-13H2,1-6H3,(H2,25,26,30)/b15-14+/t16-,18+,19?,35?/m0/s1. The van der Waals surface area contributed by atoms with Crippen LogP contribution in [0.3, 0.4) is 0 Å². The molecule has 0 aliphatic carbocycles. The van der Waals surface area contributed by atoms with Crippen LogP contribution >= 0.6 is 43.1 Å². The van der Waals surface area contributed by atoms with Gasteiger partial charge in [0.1, 0.15) is 29.1 Å². The minimum Gasteiger partial charge on any atom is -0.411 e. The van der Waals surface area contributed by atoms with Crippen LogP contribution < -0.4 is 11.4 Å². The molecule has 1 aromatic heterocycles. The van der Waals surface area contributed by atoms with Gasteiger partial charge in [-0.15, -0.1) is 11.8 Å². The number of phosphoric acid groups is 1. The summed E-state index contributed by atoms with van der Waals surface area (Å²) in [5.41, 5.74) is 3.30. The average molecular weight is 614 g/mol. The monoisotopic (exact) mass is 613 g/mol. The summed E-state index contributed by atoms with van der Waals surface area (Å²) in [5, 5.41) is 9.26. The molecule has 1 aliphatic heterocycles. The Labute approximate surface area is 235 Å². The van der Waals surface area contributed by atoms with E-state index in [1.54, 1.807) is 20.8 Å². The van der Waals surface area contributed by atoms with E-state index in [0.29, 0.717) is 10.7 Å². The zero-order valence-corrected chi connectivity index (χ0v) is 25.8. The first kappa shape index (κ1) is 33.2. The second-order valence-corrected chi connectivity index (χ2v) is 15.7. The highest BCUT2D eigenvalue weighted by molar-refractivity contribution is 8.13. The van der Waals surface area contributed by atoms with Crippen molar-refractivity contribution in [2.45, 2.75) is 64.9 Å². The predicted molar refractivity (Wildman–Crippen MR) is 153 cm³/mol. The van der Waals surface area contributed by atoms with Gasteiger partial charge in [0.05, 0.1) is 13.2 Å². The molecule has 1 fully saturated rings. The minimum absolute atomic E-state index is 0.0366. The number of anilines is 1. The van der Waals surface area contributed by atoms with E-state index in [2.05, 4.69) is 4.98 Å². The maximum Gasteiger partial charge on any atom is 0.529 e. The number of aliphatic hydroxyl groups is 1. The SMILES string of the molecule is CC(C)(C)C(=O)SCCOP(=O)(O/C=C1\C[C@H](F)[C@H](n2ccc(N)nc2=O)S1)OCCSC(O)C(C)(C)C. The molecule has 2 rings (SSSR count). The number of allylic oxidation sites excluding steroid dienone is 1. The number of aromatic nitrogens is 2. The van der Waals surface area contributed by atoms with Gasteiger partial charge >= 0.3 is 13.5 Å².